The number of thioether (sulfide) groups is 1. The van der Waals surface area contributed by atoms with Crippen molar-refractivity contribution >= 4 is 51.7 Å². The van der Waals surface area contributed by atoms with Crippen molar-refractivity contribution in [3.8, 4) is 17.0 Å². The van der Waals surface area contributed by atoms with E-state index in [0.29, 0.717) is 22.3 Å². The van der Waals surface area contributed by atoms with Crippen molar-refractivity contribution in [2.45, 2.75) is 23.0 Å². The first-order valence-electron chi connectivity index (χ1n) is 11.7. The van der Waals surface area contributed by atoms with Crippen molar-refractivity contribution in [1.29, 1.82) is 0 Å². The molecule has 0 bridgehead atoms. The van der Waals surface area contributed by atoms with E-state index in [0.717, 1.165) is 16.0 Å². The molecule has 0 fully saturated rings. The van der Waals surface area contributed by atoms with Gasteiger partial charge in [0, 0.05) is 27.9 Å². The van der Waals surface area contributed by atoms with Gasteiger partial charge in [-0.1, -0.05) is 48.5 Å². The minimum Gasteiger partial charge on any atom is -0.496 e. The fraction of sp³-hybridized carbons (Fsp3) is 0.143. The number of hydrogen-bond donors (Lipinski definition) is 3. The smallest absolute Gasteiger partial charge is 0.303 e. The van der Waals surface area contributed by atoms with E-state index in [2.05, 4.69) is 15.6 Å². The van der Waals surface area contributed by atoms with Gasteiger partial charge >= 0.3 is 5.97 Å². The number of rotatable bonds is 11. The summed E-state index contributed by atoms with van der Waals surface area (Å²) in [6, 6.07) is 24.1. The summed E-state index contributed by atoms with van der Waals surface area (Å²) < 4.78 is 5.43. The number of para-hydroxylation sites is 1. The Hall–Kier alpha value is -4.15. The molecule has 4 rings (SSSR count). The van der Waals surface area contributed by atoms with E-state index in [9.17, 15) is 14.4 Å². The van der Waals surface area contributed by atoms with Crippen LogP contribution in [0.5, 0.6) is 5.75 Å². The topological polar surface area (TPSA) is 118 Å². The maximum absolute atomic E-state index is 13.5. The molecule has 194 valence electrons. The molecule has 38 heavy (non-hydrogen) atoms. The summed E-state index contributed by atoms with van der Waals surface area (Å²) in [6.07, 6.45) is -0.363. The number of aliphatic carboxylic acids is 1. The fourth-order valence-corrected chi connectivity index (χ4v) is 5.41. The van der Waals surface area contributed by atoms with Gasteiger partial charge < -0.3 is 20.5 Å². The monoisotopic (exact) mass is 547 g/mol. The lowest BCUT2D eigenvalue weighted by Gasteiger charge is -2.17. The van der Waals surface area contributed by atoms with Crippen molar-refractivity contribution in [2.24, 2.45) is 0 Å². The lowest BCUT2D eigenvalue weighted by atomic mass is 10.1. The number of benzene rings is 3. The zero-order valence-electron chi connectivity index (χ0n) is 20.4. The van der Waals surface area contributed by atoms with Crippen LogP contribution in [0.1, 0.15) is 23.7 Å². The van der Waals surface area contributed by atoms with Crippen molar-refractivity contribution in [2.75, 3.05) is 17.7 Å². The zero-order chi connectivity index (χ0) is 26.9. The van der Waals surface area contributed by atoms with E-state index in [1.807, 2.05) is 66.0 Å². The molecule has 1 heterocycles. The van der Waals surface area contributed by atoms with E-state index in [4.69, 9.17) is 9.84 Å². The molecule has 1 unspecified atom stereocenters. The largest absolute Gasteiger partial charge is 0.496 e. The minimum absolute atomic E-state index is 0.119. The average molecular weight is 548 g/mol. The van der Waals surface area contributed by atoms with Gasteiger partial charge in [-0.25, -0.2) is 4.98 Å². The number of carbonyl (C=O) groups is 3. The lowest BCUT2D eigenvalue weighted by molar-refractivity contribution is -0.138. The van der Waals surface area contributed by atoms with Gasteiger partial charge in [-0.15, -0.1) is 23.1 Å². The summed E-state index contributed by atoms with van der Waals surface area (Å²) in [7, 11) is 1.60. The van der Waals surface area contributed by atoms with Gasteiger partial charge in [-0.2, -0.15) is 0 Å². The number of methoxy groups -OCH3 is 1. The van der Waals surface area contributed by atoms with Crippen LogP contribution in [0.4, 0.5) is 10.8 Å². The standard InChI is InChI=1S/C28H25N3O5S2/c1-36-23-13-6-5-12-21(23)22-17-37-28(30-22)31-27(35)26(18-8-3-2-4-9-18)38-20-11-7-10-19(16-20)29-24(32)14-15-25(33)34/h2-13,16-17,26H,14-15H2,1H3,(H,29,32)(H,33,34)(H,30,31,35). The van der Waals surface area contributed by atoms with Crippen molar-refractivity contribution < 1.29 is 24.2 Å². The van der Waals surface area contributed by atoms with Crippen LogP contribution in [-0.4, -0.2) is 35.0 Å². The third-order valence-corrected chi connectivity index (χ3v) is 7.40. The molecule has 0 aliphatic carbocycles. The van der Waals surface area contributed by atoms with Crippen LogP contribution < -0.4 is 15.4 Å². The van der Waals surface area contributed by atoms with Crippen LogP contribution in [0.3, 0.4) is 0 Å². The number of thiazole rings is 1. The number of aromatic nitrogens is 1. The fourth-order valence-electron chi connectivity index (χ4n) is 3.61. The van der Waals surface area contributed by atoms with Gasteiger partial charge in [0.1, 0.15) is 11.0 Å². The molecule has 2 amide bonds. The molecule has 10 heteroatoms. The average Bonchev–Trinajstić information content (AvgIpc) is 3.39. The van der Waals surface area contributed by atoms with Gasteiger partial charge in [0.25, 0.3) is 0 Å². The number of nitrogens with one attached hydrogen (secondary N) is 2. The summed E-state index contributed by atoms with van der Waals surface area (Å²) in [6.45, 7) is 0. The lowest BCUT2D eigenvalue weighted by Crippen LogP contribution is -2.19. The van der Waals surface area contributed by atoms with Gasteiger partial charge in [0.2, 0.25) is 11.8 Å². The number of carboxylic acids is 1. The molecule has 1 aromatic heterocycles. The predicted molar refractivity (Wildman–Crippen MR) is 150 cm³/mol. The van der Waals surface area contributed by atoms with Crippen molar-refractivity contribution in [3.63, 3.8) is 0 Å². The molecule has 0 radical (unpaired) electrons. The van der Waals surface area contributed by atoms with Crippen LogP contribution in [0.25, 0.3) is 11.3 Å². The van der Waals surface area contributed by atoms with Gasteiger partial charge in [0.15, 0.2) is 5.13 Å². The molecule has 0 saturated carbocycles. The molecule has 0 spiro atoms. The Morgan fingerprint density at radius 2 is 1.74 bits per heavy atom. The highest BCUT2D eigenvalue weighted by Gasteiger charge is 2.24. The Bertz CT molecular complexity index is 1420. The third-order valence-electron chi connectivity index (χ3n) is 5.40. The summed E-state index contributed by atoms with van der Waals surface area (Å²) in [5.74, 6) is -0.959. The van der Waals surface area contributed by atoms with Crippen LogP contribution in [-0.2, 0) is 14.4 Å². The van der Waals surface area contributed by atoms with Crippen molar-refractivity contribution in [3.05, 3.63) is 89.8 Å². The Labute approximate surface area is 228 Å². The predicted octanol–water partition coefficient (Wildman–Crippen LogP) is 6.09. The Morgan fingerprint density at radius 1 is 0.974 bits per heavy atom. The minimum atomic E-state index is -1.03. The third kappa shape index (κ3) is 7.21. The molecule has 3 aromatic carbocycles. The highest BCUT2D eigenvalue weighted by Crippen LogP contribution is 2.38. The quantitative estimate of drug-likeness (QED) is 0.194. The molecule has 0 aliphatic heterocycles. The summed E-state index contributed by atoms with van der Waals surface area (Å²) in [5, 5.41) is 16.2. The van der Waals surface area contributed by atoms with E-state index < -0.39 is 11.2 Å². The molecular weight excluding hydrogens is 522 g/mol. The van der Waals surface area contributed by atoms with E-state index in [-0.39, 0.29) is 24.7 Å². The van der Waals surface area contributed by atoms with Gasteiger partial charge in [0.05, 0.1) is 19.2 Å². The first kappa shape index (κ1) is 26.9. The number of amides is 2. The number of hydrogen-bond acceptors (Lipinski definition) is 7. The molecule has 4 aromatic rings. The highest BCUT2D eigenvalue weighted by atomic mass is 32.2. The number of anilines is 2. The second-order valence-electron chi connectivity index (χ2n) is 8.11. The van der Waals surface area contributed by atoms with Crippen LogP contribution in [0.2, 0.25) is 0 Å². The summed E-state index contributed by atoms with van der Waals surface area (Å²) in [5.41, 5.74) is 2.88. The van der Waals surface area contributed by atoms with Crippen molar-refractivity contribution in [1.82, 2.24) is 4.98 Å². The normalized spacial score (nSPS) is 11.4. The highest BCUT2D eigenvalue weighted by molar-refractivity contribution is 8.00. The molecule has 8 nitrogen and oxygen atoms in total. The van der Waals surface area contributed by atoms with Crippen LogP contribution >= 0.6 is 23.1 Å². The number of ether oxygens (including phenoxy) is 1. The van der Waals surface area contributed by atoms with Gasteiger partial charge in [-0.3, -0.25) is 14.4 Å². The molecular formula is C28H25N3O5S2. The number of carboxylic acid groups (broad SMARTS) is 1. The molecule has 0 aliphatic rings. The van der Waals surface area contributed by atoms with E-state index in [1.165, 1.54) is 23.1 Å². The Kier molecular flexibility index (Phi) is 9.12. The van der Waals surface area contributed by atoms with E-state index >= 15 is 0 Å². The molecule has 3 N–H and O–H groups in total. The molecule has 0 saturated heterocycles. The van der Waals surface area contributed by atoms with Gasteiger partial charge in [-0.05, 0) is 35.9 Å². The maximum Gasteiger partial charge on any atom is 0.303 e. The van der Waals surface area contributed by atoms with E-state index in [1.54, 1.807) is 25.3 Å². The number of carbonyl (C=O) groups excluding carboxylic acids is 2. The number of nitrogens with zero attached hydrogens (tertiary/aromatic N) is 1. The molecule has 1 atom stereocenters. The first-order chi connectivity index (χ1) is 18.4. The summed E-state index contributed by atoms with van der Waals surface area (Å²) in [4.78, 5) is 41.6. The first-order valence-corrected chi connectivity index (χ1v) is 13.4. The summed E-state index contributed by atoms with van der Waals surface area (Å²) >= 11 is 2.67. The maximum atomic E-state index is 13.5. The second-order valence-corrected chi connectivity index (χ2v) is 10.1. The van der Waals surface area contributed by atoms with Crippen LogP contribution in [0, 0.1) is 0 Å². The SMILES string of the molecule is COc1ccccc1-c1csc(NC(=O)C(Sc2cccc(NC(=O)CCC(=O)O)c2)c2ccccc2)n1. The Morgan fingerprint density at radius 3 is 2.50 bits per heavy atom. The van der Waals surface area contributed by atoms with Crippen LogP contribution in [0.15, 0.2) is 89.1 Å². The second kappa shape index (κ2) is 12.9. The zero-order valence-corrected chi connectivity index (χ0v) is 22.1. The Balaban J connectivity index is 1.51.